The molecule has 10 heteroatoms. The van der Waals surface area contributed by atoms with Gasteiger partial charge in [0.1, 0.15) is 0 Å². The Kier molecular flexibility index (Phi) is 17.6. The smallest absolute Gasteiger partial charge is 0.225 e. The summed E-state index contributed by atoms with van der Waals surface area (Å²) in [6, 6.07) is 0. The number of hydrogen-bond donors (Lipinski definition) is 4. The summed E-state index contributed by atoms with van der Waals surface area (Å²) in [7, 11) is 0. The van der Waals surface area contributed by atoms with Gasteiger partial charge in [-0.05, 0) is 108 Å². The number of ketones is 1. The van der Waals surface area contributed by atoms with E-state index in [4.69, 9.17) is 14.2 Å². The van der Waals surface area contributed by atoms with Crippen molar-refractivity contribution in [2.45, 2.75) is 174 Å². The Morgan fingerprint density at radius 3 is 2.36 bits per heavy atom. The van der Waals surface area contributed by atoms with Crippen molar-refractivity contribution >= 4 is 17.6 Å². The summed E-state index contributed by atoms with van der Waals surface area (Å²) in [5.41, 5.74) is 1.01. The van der Waals surface area contributed by atoms with Crippen LogP contribution in [0.25, 0.3) is 0 Å². The molecule has 0 aromatic rings. The van der Waals surface area contributed by atoms with Crippen LogP contribution >= 0.6 is 0 Å². The van der Waals surface area contributed by atoms with Crippen molar-refractivity contribution in [1.29, 1.82) is 0 Å². The number of carbonyl (C=O) groups is 3. The van der Waals surface area contributed by atoms with E-state index in [0.717, 1.165) is 76.2 Å². The molecule has 0 aliphatic carbocycles. The summed E-state index contributed by atoms with van der Waals surface area (Å²) < 4.78 is 19.5. The molecule has 0 unspecified atom stereocenters. The Morgan fingerprint density at radius 2 is 1.64 bits per heavy atom. The maximum Gasteiger partial charge on any atom is 0.225 e. The van der Waals surface area contributed by atoms with Crippen molar-refractivity contribution in [2.75, 3.05) is 13.1 Å². The first-order valence-electron chi connectivity index (χ1n) is 19.5. The van der Waals surface area contributed by atoms with Crippen molar-refractivity contribution < 1.29 is 38.8 Å². The van der Waals surface area contributed by atoms with E-state index in [2.05, 4.69) is 30.6 Å². The second-order valence-electron chi connectivity index (χ2n) is 15.7. The zero-order chi connectivity index (χ0) is 36.8. The molecule has 2 amide bonds. The Hall–Kier alpha value is -2.11. The molecule has 0 aromatic carbocycles. The molecule has 3 saturated heterocycles. The molecule has 3 aliphatic rings. The van der Waals surface area contributed by atoms with Crippen LogP contribution in [-0.2, 0) is 28.6 Å². The van der Waals surface area contributed by atoms with E-state index in [-0.39, 0.29) is 60.9 Å². The van der Waals surface area contributed by atoms with Gasteiger partial charge in [-0.1, -0.05) is 39.8 Å². The molecule has 11 atom stereocenters. The molecular weight excluding hydrogens is 636 g/mol. The first kappa shape index (κ1) is 42.3. The van der Waals surface area contributed by atoms with Gasteiger partial charge in [0.2, 0.25) is 11.8 Å². The van der Waals surface area contributed by atoms with Crippen LogP contribution < -0.4 is 10.6 Å². The molecule has 3 aliphatic heterocycles. The highest BCUT2D eigenvalue weighted by Crippen LogP contribution is 2.43. The fraction of sp³-hybridized carbons (Fsp3) is 0.825. The van der Waals surface area contributed by atoms with Crippen LogP contribution in [0.2, 0.25) is 0 Å². The van der Waals surface area contributed by atoms with E-state index in [1.165, 1.54) is 0 Å². The molecular formula is C40H68N2O8. The SMILES string of the molecule is C/C=C/C(=O)C[C@H]1CC[C@@H](C)[C@@H](CC(=O)NC[C@@H](O)[C@@H](C)C(=O)NCCC[C@H]2O[C@@]3(CCC[C@@H](CC[C@H](C)/C=C(\C)[C@H](C)O)O3)CC[C@@H]2C)O1. The van der Waals surface area contributed by atoms with Gasteiger partial charge in [-0.3, -0.25) is 14.4 Å². The summed E-state index contributed by atoms with van der Waals surface area (Å²) in [4.78, 5) is 37.6. The van der Waals surface area contributed by atoms with Gasteiger partial charge >= 0.3 is 0 Å². The van der Waals surface area contributed by atoms with Gasteiger partial charge < -0.3 is 35.1 Å². The number of amides is 2. The standard InChI is InChI=1S/C40H68N2O8/c1-8-11-32(44)23-34-17-15-27(3)37(48-34)24-38(46)42-25-35(45)30(6)39(47)41-21-10-13-36-28(4)18-20-40(50-36)19-9-12-33(49-40)16-14-26(2)22-29(5)31(7)43/h8,11,22,26-28,30-31,33-37,43,45H,9-10,12-21,23-25H2,1-7H3,(H,41,47)(H,42,46)/b11-8+,29-22+/t26-,27+,28-,30+,31-,33-,34+,35+,36+,37+,40-/m0/s1. The van der Waals surface area contributed by atoms with Crippen LogP contribution in [0.15, 0.2) is 23.8 Å². The lowest BCUT2D eigenvalue weighted by Gasteiger charge is -2.48. The highest BCUT2D eigenvalue weighted by Gasteiger charge is 2.44. The molecule has 286 valence electrons. The van der Waals surface area contributed by atoms with E-state index in [1.54, 1.807) is 26.0 Å². The van der Waals surface area contributed by atoms with Gasteiger partial charge in [0, 0.05) is 32.4 Å². The second-order valence-corrected chi connectivity index (χ2v) is 15.7. The third kappa shape index (κ3) is 13.8. The van der Waals surface area contributed by atoms with Crippen molar-refractivity contribution in [3.8, 4) is 0 Å². The lowest BCUT2D eigenvalue weighted by Crippen LogP contribution is -2.50. The number of ether oxygens (including phenoxy) is 3. The molecule has 0 saturated carbocycles. The fourth-order valence-electron chi connectivity index (χ4n) is 7.51. The summed E-state index contributed by atoms with van der Waals surface area (Å²) in [6.45, 7) is 14.2. The minimum absolute atomic E-state index is 0.0223. The average molecular weight is 705 g/mol. The first-order chi connectivity index (χ1) is 23.7. The lowest BCUT2D eigenvalue weighted by molar-refractivity contribution is -0.324. The largest absolute Gasteiger partial charge is 0.390 e. The number of allylic oxidation sites excluding steroid dienone is 3. The van der Waals surface area contributed by atoms with Crippen LogP contribution in [0.3, 0.4) is 0 Å². The lowest BCUT2D eigenvalue weighted by atomic mass is 9.85. The van der Waals surface area contributed by atoms with E-state index in [0.29, 0.717) is 24.8 Å². The molecule has 3 rings (SSSR count). The van der Waals surface area contributed by atoms with Gasteiger partial charge in [-0.2, -0.15) is 0 Å². The van der Waals surface area contributed by atoms with Crippen molar-refractivity contribution in [1.82, 2.24) is 10.6 Å². The highest BCUT2D eigenvalue weighted by molar-refractivity contribution is 5.89. The molecule has 0 radical (unpaired) electrons. The van der Waals surface area contributed by atoms with Crippen molar-refractivity contribution in [3.63, 3.8) is 0 Å². The van der Waals surface area contributed by atoms with Gasteiger partial charge in [0.15, 0.2) is 11.6 Å². The molecule has 10 nitrogen and oxygen atoms in total. The van der Waals surface area contributed by atoms with Gasteiger partial charge in [0.25, 0.3) is 0 Å². The van der Waals surface area contributed by atoms with Crippen LogP contribution in [-0.4, -0.2) is 83.3 Å². The summed E-state index contributed by atoms with van der Waals surface area (Å²) in [6.07, 6.45) is 14.5. The summed E-state index contributed by atoms with van der Waals surface area (Å²) in [5.74, 6) is -0.680. The zero-order valence-electron chi connectivity index (χ0n) is 32.0. The van der Waals surface area contributed by atoms with Crippen LogP contribution in [0.4, 0.5) is 0 Å². The number of rotatable bonds is 18. The topological polar surface area (TPSA) is 143 Å². The third-order valence-corrected chi connectivity index (χ3v) is 11.2. The quantitative estimate of drug-likeness (QED) is 0.0782. The van der Waals surface area contributed by atoms with E-state index >= 15 is 0 Å². The monoisotopic (exact) mass is 704 g/mol. The zero-order valence-corrected chi connectivity index (χ0v) is 32.0. The van der Waals surface area contributed by atoms with Crippen molar-refractivity contribution in [2.24, 2.45) is 23.7 Å². The van der Waals surface area contributed by atoms with Gasteiger partial charge in [-0.25, -0.2) is 0 Å². The van der Waals surface area contributed by atoms with Crippen LogP contribution in [0, 0.1) is 23.7 Å². The maximum atomic E-state index is 12.9. The number of aliphatic hydroxyl groups is 2. The minimum atomic E-state index is -1.02. The molecule has 0 aromatic heterocycles. The van der Waals surface area contributed by atoms with Gasteiger partial charge in [-0.15, -0.1) is 0 Å². The minimum Gasteiger partial charge on any atom is -0.390 e. The van der Waals surface area contributed by atoms with Crippen LogP contribution in [0.1, 0.15) is 132 Å². The maximum absolute atomic E-state index is 12.9. The molecule has 3 fully saturated rings. The first-order valence-corrected chi connectivity index (χ1v) is 19.5. The molecule has 3 heterocycles. The third-order valence-electron chi connectivity index (χ3n) is 11.2. The Labute approximate surface area is 301 Å². The highest BCUT2D eigenvalue weighted by atomic mass is 16.7. The van der Waals surface area contributed by atoms with Crippen LogP contribution in [0.5, 0.6) is 0 Å². The molecule has 4 N–H and O–H groups in total. The molecule has 1 spiro atoms. The average Bonchev–Trinajstić information content (AvgIpc) is 3.07. The number of nitrogens with one attached hydrogen (secondary N) is 2. The summed E-state index contributed by atoms with van der Waals surface area (Å²) in [5, 5.41) is 26.2. The predicted molar refractivity (Wildman–Crippen MR) is 195 cm³/mol. The molecule has 0 bridgehead atoms. The van der Waals surface area contributed by atoms with E-state index in [1.807, 2.05) is 20.8 Å². The summed E-state index contributed by atoms with van der Waals surface area (Å²) >= 11 is 0. The Morgan fingerprint density at radius 1 is 0.900 bits per heavy atom. The van der Waals surface area contributed by atoms with Crippen molar-refractivity contribution in [3.05, 3.63) is 23.8 Å². The normalized spacial score (nSPS) is 31.6. The number of aliphatic hydroxyl groups excluding tert-OH is 2. The number of carbonyl (C=O) groups excluding carboxylic acids is 3. The predicted octanol–water partition coefficient (Wildman–Crippen LogP) is 5.93. The van der Waals surface area contributed by atoms with E-state index in [9.17, 15) is 24.6 Å². The molecule has 50 heavy (non-hydrogen) atoms. The number of hydrogen-bond acceptors (Lipinski definition) is 8. The van der Waals surface area contributed by atoms with E-state index < -0.39 is 23.9 Å². The Bertz CT molecular complexity index is 1140. The Balaban J connectivity index is 1.36. The fourth-order valence-corrected chi connectivity index (χ4v) is 7.51. The second kappa shape index (κ2) is 20.8. The van der Waals surface area contributed by atoms with Gasteiger partial charge in [0.05, 0.1) is 49.0 Å².